The second-order valence-electron chi connectivity index (χ2n) is 9.65. The monoisotopic (exact) mass is 501 g/mol. The summed E-state index contributed by atoms with van der Waals surface area (Å²) in [5.74, 6) is -1.23. The summed E-state index contributed by atoms with van der Waals surface area (Å²) in [5.41, 5.74) is 2.94. The molecule has 3 aliphatic rings. The molecule has 2 aromatic rings. The molecule has 0 unspecified atom stereocenters. The maximum Gasteiger partial charge on any atom is 0.192 e. The average Bonchev–Trinajstić information content (AvgIpc) is 2.79. The fourth-order valence-corrected chi connectivity index (χ4v) is 5.27. The summed E-state index contributed by atoms with van der Waals surface area (Å²) in [7, 11) is 0. The Morgan fingerprint density at radius 3 is 2.31 bits per heavy atom. The number of halogens is 1. The van der Waals surface area contributed by atoms with Crippen LogP contribution >= 0.6 is 0 Å². The van der Waals surface area contributed by atoms with E-state index in [1.807, 2.05) is 24.3 Å². The number of hydrogen-bond acceptors (Lipinski definition) is 7. The molecule has 0 spiro atoms. The Bertz CT molecular complexity index is 1250. The van der Waals surface area contributed by atoms with E-state index in [0.717, 1.165) is 10.8 Å². The third-order valence-electron chi connectivity index (χ3n) is 7.33. The number of aliphatic hydroxyl groups is 2. The summed E-state index contributed by atoms with van der Waals surface area (Å²) in [6, 6.07) is 10.5. The van der Waals surface area contributed by atoms with Crippen LogP contribution in [-0.4, -0.2) is 63.8 Å². The molecule has 1 aliphatic heterocycles. The minimum Gasteiger partial charge on any atom is -1.00 e. The normalized spacial score (nSPS) is 32.7. The van der Waals surface area contributed by atoms with Crippen LogP contribution in [0.25, 0.3) is 10.8 Å². The fourth-order valence-electron chi connectivity index (χ4n) is 5.27. The standard InChI is InChI=1S/C26H27NO7.ClH/c1-12-23(29)19(27)9-21(33-12)34-20-11-26(32,13(2)28)10-18-22(20)25(31)17-8-15-6-4-3-5-14(15)7-16(17)24(18)30;/h3-8,12,19-21,23,29,32H,9-11,27H2,1-2H3;1H/t12-,19-,20+,21-,23+,26+;/m1./s1. The molecule has 2 aromatic carbocycles. The Hall–Kier alpha value is -2.46. The first-order chi connectivity index (χ1) is 16.1. The number of fused-ring (bicyclic) bond motifs is 2. The number of ether oxygens (including phenoxy) is 2. The summed E-state index contributed by atoms with van der Waals surface area (Å²) in [6.45, 7) is 2.97. The molecule has 5 rings (SSSR count). The maximum absolute atomic E-state index is 13.7. The van der Waals surface area contributed by atoms with Crippen molar-refractivity contribution in [3.05, 3.63) is 58.7 Å². The van der Waals surface area contributed by atoms with Gasteiger partial charge in [0.25, 0.3) is 0 Å². The van der Waals surface area contributed by atoms with E-state index in [9.17, 15) is 24.6 Å². The molecular formula is C26H28ClNO7. The van der Waals surface area contributed by atoms with E-state index >= 15 is 0 Å². The van der Waals surface area contributed by atoms with Crippen molar-refractivity contribution >= 4 is 28.1 Å². The predicted octanol–water partition coefficient (Wildman–Crippen LogP) is -1.88. The molecule has 0 amide bonds. The third kappa shape index (κ3) is 4.24. The SMILES string of the molecule is CC(=O)[C@]1(O)CC2=C(C(=O)c3cc4ccccc4cc3C2=O)[C@@H](O[C@@H]2C[C@@H]([NH3+])[C@@H](O)[C@@H](C)O2)C1.[Cl-]. The van der Waals surface area contributed by atoms with E-state index in [2.05, 4.69) is 5.73 Å². The number of aliphatic hydroxyl groups excluding tert-OH is 1. The first-order valence-electron chi connectivity index (χ1n) is 11.5. The van der Waals surface area contributed by atoms with Gasteiger partial charge < -0.3 is 37.8 Å². The smallest absolute Gasteiger partial charge is 0.192 e. The van der Waals surface area contributed by atoms with E-state index in [-0.39, 0.29) is 71.6 Å². The Morgan fingerprint density at radius 1 is 1.14 bits per heavy atom. The molecule has 6 atom stereocenters. The molecular weight excluding hydrogens is 474 g/mol. The Balaban J connectivity index is 0.00000289. The van der Waals surface area contributed by atoms with Crippen molar-refractivity contribution in [2.75, 3.05) is 0 Å². The molecule has 8 nitrogen and oxygen atoms in total. The van der Waals surface area contributed by atoms with Gasteiger partial charge in [-0.2, -0.15) is 0 Å². The number of carbonyl (C=O) groups excluding carboxylic acids is 3. The van der Waals surface area contributed by atoms with Crippen molar-refractivity contribution in [3.8, 4) is 0 Å². The maximum atomic E-state index is 13.7. The quantitative estimate of drug-likeness (QED) is 0.448. The number of Topliss-reactive ketones (excluding diaryl/α,β-unsaturated/α-hetero) is 3. The molecule has 1 heterocycles. The van der Waals surface area contributed by atoms with Gasteiger partial charge in [-0.3, -0.25) is 14.4 Å². The molecule has 2 aliphatic carbocycles. The van der Waals surface area contributed by atoms with Crippen molar-refractivity contribution in [2.45, 2.75) is 69.4 Å². The minimum atomic E-state index is -1.84. The number of ketones is 3. The van der Waals surface area contributed by atoms with Crippen LogP contribution in [-0.2, 0) is 14.3 Å². The number of hydrogen-bond donors (Lipinski definition) is 3. The zero-order valence-corrected chi connectivity index (χ0v) is 20.2. The van der Waals surface area contributed by atoms with Crippen LogP contribution in [0.5, 0.6) is 0 Å². The highest BCUT2D eigenvalue weighted by atomic mass is 35.5. The van der Waals surface area contributed by atoms with Gasteiger partial charge in [-0.15, -0.1) is 0 Å². The Morgan fingerprint density at radius 2 is 1.74 bits per heavy atom. The summed E-state index contributed by atoms with van der Waals surface area (Å²) >= 11 is 0. The number of quaternary nitrogens is 1. The number of carbonyl (C=O) groups is 3. The lowest BCUT2D eigenvalue weighted by Gasteiger charge is -2.42. The van der Waals surface area contributed by atoms with Gasteiger partial charge in [0, 0.05) is 35.1 Å². The second-order valence-corrected chi connectivity index (χ2v) is 9.65. The molecule has 0 bridgehead atoms. The van der Waals surface area contributed by atoms with Gasteiger partial charge in [0.1, 0.15) is 17.7 Å². The summed E-state index contributed by atoms with van der Waals surface area (Å²) in [5, 5.41) is 22.9. The highest BCUT2D eigenvalue weighted by molar-refractivity contribution is 6.29. The van der Waals surface area contributed by atoms with E-state index in [1.165, 1.54) is 6.92 Å². The molecule has 0 radical (unpaired) electrons. The number of rotatable bonds is 3. The Kier molecular flexibility index (Phi) is 6.74. The van der Waals surface area contributed by atoms with Crippen LogP contribution in [0.3, 0.4) is 0 Å². The lowest BCUT2D eigenvalue weighted by atomic mass is 9.69. The highest BCUT2D eigenvalue weighted by Gasteiger charge is 2.50. The molecule has 0 saturated carbocycles. The van der Waals surface area contributed by atoms with E-state index in [4.69, 9.17) is 9.47 Å². The first kappa shape index (κ1) is 25.6. The van der Waals surface area contributed by atoms with Gasteiger partial charge in [0.15, 0.2) is 23.6 Å². The van der Waals surface area contributed by atoms with Gasteiger partial charge in [-0.05, 0) is 36.8 Å². The lowest BCUT2D eigenvalue weighted by Crippen LogP contribution is -3.00. The molecule has 0 aromatic heterocycles. The lowest BCUT2D eigenvalue weighted by molar-refractivity contribution is -0.466. The van der Waals surface area contributed by atoms with Crippen LogP contribution in [0.4, 0.5) is 0 Å². The van der Waals surface area contributed by atoms with Gasteiger partial charge >= 0.3 is 0 Å². The van der Waals surface area contributed by atoms with Crippen molar-refractivity contribution in [1.82, 2.24) is 0 Å². The van der Waals surface area contributed by atoms with Crippen LogP contribution < -0.4 is 18.1 Å². The summed E-state index contributed by atoms with van der Waals surface area (Å²) in [6.07, 6.45) is -3.27. The average molecular weight is 502 g/mol. The predicted molar refractivity (Wildman–Crippen MR) is 121 cm³/mol. The molecule has 5 N–H and O–H groups in total. The van der Waals surface area contributed by atoms with Crippen LogP contribution in [0.1, 0.15) is 53.8 Å². The van der Waals surface area contributed by atoms with E-state index < -0.39 is 36.0 Å². The van der Waals surface area contributed by atoms with Crippen LogP contribution in [0.15, 0.2) is 47.5 Å². The van der Waals surface area contributed by atoms with Gasteiger partial charge in [0.2, 0.25) is 0 Å². The fraction of sp³-hybridized carbons (Fsp3) is 0.423. The molecule has 35 heavy (non-hydrogen) atoms. The molecule has 1 saturated heterocycles. The van der Waals surface area contributed by atoms with Crippen molar-refractivity contribution in [1.29, 1.82) is 0 Å². The van der Waals surface area contributed by atoms with Crippen LogP contribution in [0, 0.1) is 0 Å². The van der Waals surface area contributed by atoms with E-state index in [1.54, 1.807) is 19.1 Å². The summed E-state index contributed by atoms with van der Waals surface area (Å²) < 4.78 is 11.9. The molecule has 1 fully saturated rings. The minimum absolute atomic E-state index is 0. The summed E-state index contributed by atoms with van der Waals surface area (Å²) in [4.78, 5) is 39.7. The van der Waals surface area contributed by atoms with Crippen molar-refractivity contribution in [3.63, 3.8) is 0 Å². The topological polar surface area (TPSA) is 138 Å². The number of benzene rings is 2. The molecule has 186 valence electrons. The van der Waals surface area contributed by atoms with Crippen LogP contribution in [0.2, 0.25) is 0 Å². The zero-order chi connectivity index (χ0) is 24.4. The van der Waals surface area contributed by atoms with Crippen molar-refractivity contribution < 1.29 is 52.2 Å². The Labute approximate surface area is 208 Å². The zero-order valence-electron chi connectivity index (χ0n) is 19.5. The van der Waals surface area contributed by atoms with E-state index in [0.29, 0.717) is 0 Å². The van der Waals surface area contributed by atoms with Gasteiger partial charge in [0.05, 0.1) is 18.6 Å². The second kappa shape index (κ2) is 9.20. The third-order valence-corrected chi connectivity index (χ3v) is 7.33. The first-order valence-corrected chi connectivity index (χ1v) is 11.5. The highest BCUT2D eigenvalue weighted by Crippen LogP contribution is 2.43. The molecule has 9 heteroatoms. The van der Waals surface area contributed by atoms with Gasteiger partial charge in [-0.1, -0.05) is 24.3 Å². The van der Waals surface area contributed by atoms with Crippen molar-refractivity contribution in [2.24, 2.45) is 0 Å². The van der Waals surface area contributed by atoms with Gasteiger partial charge in [-0.25, -0.2) is 0 Å². The largest absolute Gasteiger partial charge is 1.00 e.